The Morgan fingerprint density at radius 3 is 2.96 bits per heavy atom. The van der Waals surface area contributed by atoms with Gasteiger partial charge in [-0.2, -0.15) is 0 Å². The van der Waals surface area contributed by atoms with Gasteiger partial charge in [0, 0.05) is 58.0 Å². The third-order valence-corrected chi connectivity index (χ3v) is 5.60. The molecule has 1 atom stereocenters. The van der Waals surface area contributed by atoms with Gasteiger partial charge >= 0.3 is 0 Å². The molecule has 4 heterocycles. The van der Waals surface area contributed by atoms with Gasteiger partial charge in [-0.15, -0.1) is 0 Å². The lowest BCUT2D eigenvalue weighted by Crippen LogP contribution is -2.40. The van der Waals surface area contributed by atoms with Crippen molar-refractivity contribution in [3.8, 4) is 0 Å². The molecule has 7 heteroatoms. The van der Waals surface area contributed by atoms with E-state index in [1.807, 2.05) is 18.3 Å². The predicted molar refractivity (Wildman–Crippen MR) is 101 cm³/mol. The normalized spacial score (nSPS) is 21.0. The highest BCUT2D eigenvalue weighted by Gasteiger charge is 2.29. The molecule has 0 radical (unpaired) electrons. The first-order chi connectivity index (χ1) is 13.2. The van der Waals surface area contributed by atoms with Gasteiger partial charge in [-0.3, -0.25) is 14.7 Å². The molecule has 0 bridgehead atoms. The average Bonchev–Trinajstić information content (AvgIpc) is 3.15. The Balaban J connectivity index is 1.39. The summed E-state index contributed by atoms with van der Waals surface area (Å²) in [4.78, 5) is 23.7. The fraction of sp³-hybridized carbons (Fsp3) is 0.550. The summed E-state index contributed by atoms with van der Waals surface area (Å²) in [5.74, 6) is 1.55. The zero-order valence-corrected chi connectivity index (χ0v) is 15.8. The lowest BCUT2D eigenvalue weighted by molar-refractivity contribution is 0.0411. The zero-order valence-electron chi connectivity index (χ0n) is 15.8. The fourth-order valence-electron chi connectivity index (χ4n) is 3.93. The van der Waals surface area contributed by atoms with E-state index < -0.39 is 0 Å². The number of amides is 1. The molecule has 2 aromatic rings. The van der Waals surface area contributed by atoms with Gasteiger partial charge < -0.3 is 14.6 Å². The molecule has 1 saturated heterocycles. The smallest absolute Gasteiger partial charge is 0.271 e. The number of nitrogens with one attached hydrogen (secondary N) is 1. The largest absolute Gasteiger partial charge is 0.381 e. The Hall–Kier alpha value is -2.25. The van der Waals surface area contributed by atoms with E-state index in [0.29, 0.717) is 18.2 Å². The van der Waals surface area contributed by atoms with Gasteiger partial charge in [0.05, 0.1) is 6.04 Å². The minimum Gasteiger partial charge on any atom is -0.381 e. The minimum atomic E-state index is -0.135. The van der Waals surface area contributed by atoms with Crippen molar-refractivity contribution in [1.29, 1.82) is 0 Å². The number of carbonyl (C=O) groups excluding carboxylic acids is 1. The topological polar surface area (TPSA) is 72.3 Å². The van der Waals surface area contributed by atoms with Crippen LogP contribution >= 0.6 is 0 Å². The molecule has 7 nitrogen and oxygen atoms in total. The molecule has 2 aliphatic rings. The summed E-state index contributed by atoms with van der Waals surface area (Å²) >= 11 is 0. The molecule has 0 aliphatic carbocycles. The Morgan fingerprint density at radius 2 is 2.19 bits per heavy atom. The standard InChI is InChI=1S/C20H27N5O2/c1-15-19-23-18(20(26)22-12-17-3-2-6-21-11-17)14-25(19)8-7-24(15)13-16-4-9-27-10-5-16/h2-3,6,11,14-16H,4-5,7-10,12-13H2,1H3,(H,22,26). The van der Waals surface area contributed by atoms with E-state index in [1.165, 1.54) is 0 Å². The van der Waals surface area contributed by atoms with Crippen LogP contribution in [-0.4, -0.2) is 51.6 Å². The summed E-state index contributed by atoms with van der Waals surface area (Å²) in [6.07, 6.45) is 7.65. The molecule has 2 aliphatic heterocycles. The number of rotatable bonds is 5. The molecule has 0 saturated carbocycles. The summed E-state index contributed by atoms with van der Waals surface area (Å²) in [6, 6.07) is 4.04. The quantitative estimate of drug-likeness (QED) is 0.873. The highest BCUT2D eigenvalue weighted by atomic mass is 16.5. The van der Waals surface area contributed by atoms with E-state index in [1.54, 1.807) is 12.4 Å². The molecule has 1 amide bonds. The van der Waals surface area contributed by atoms with Gasteiger partial charge in [-0.05, 0) is 37.3 Å². The molecule has 0 spiro atoms. The predicted octanol–water partition coefficient (Wildman–Crippen LogP) is 2.01. The summed E-state index contributed by atoms with van der Waals surface area (Å²) in [5, 5.41) is 2.93. The number of nitrogens with zero attached hydrogens (tertiary/aromatic N) is 4. The number of imidazole rings is 1. The molecule has 2 aromatic heterocycles. The van der Waals surface area contributed by atoms with Crippen molar-refractivity contribution in [3.05, 3.63) is 47.8 Å². The first-order valence-corrected chi connectivity index (χ1v) is 9.76. The maximum Gasteiger partial charge on any atom is 0.271 e. The van der Waals surface area contributed by atoms with Gasteiger partial charge in [0.25, 0.3) is 5.91 Å². The maximum absolute atomic E-state index is 12.5. The van der Waals surface area contributed by atoms with Crippen LogP contribution in [0.5, 0.6) is 0 Å². The Bertz CT molecular complexity index is 770. The highest BCUT2D eigenvalue weighted by molar-refractivity contribution is 5.92. The van der Waals surface area contributed by atoms with Crippen LogP contribution in [-0.2, 0) is 17.8 Å². The summed E-state index contributed by atoms with van der Waals surface area (Å²) in [7, 11) is 0. The third kappa shape index (κ3) is 4.20. The van der Waals surface area contributed by atoms with E-state index in [9.17, 15) is 4.79 Å². The molecule has 0 aromatic carbocycles. The fourth-order valence-corrected chi connectivity index (χ4v) is 3.93. The van der Waals surface area contributed by atoms with Crippen LogP contribution < -0.4 is 5.32 Å². The van der Waals surface area contributed by atoms with Crippen molar-refractivity contribution in [2.75, 3.05) is 26.3 Å². The summed E-state index contributed by atoms with van der Waals surface area (Å²) in [6.45, 7) is 7.37. The second-order valence-corrected chi connectivity index (χ2v) is 7.45. The van der Waals surface area contributed by atoms with Crippen LogP contribution in [0.3, 0.4) is 0 Å². The lowest BCUT2D eigenvalue weighted by atomic mass is 9.98. The third-order valence-electron chi connectivity index (χ3n) is 5.60. The maximum atomic E-state index is 12.5. The van der Waals surface area contributed by atoms with E-state index in [-0.39, 0.29) is 11.9 Å². The number of hydrogen-bond donors (Lipinski definition) is 1. The first kappa shape index (κ1) is 18.1. The number of ether oxygens (including phenoxy) is 1. The van der Waals surface area contributed by atoms with E-state index in [0.717, 1.165) is 57.1 Å². The van der Waals surface area contributed by atoms with Crippen LogP contribution in [0.25, 0.3) is 0 Å². The SMILES string of the molecule is CC1c2nc(C(=O)NCc3cccnc3)cn2CCN1CC1CCOCC1. The zero-order chi connectivity index (χ0) is 18.6. The van der Waals surface area contributed by atoms with Gasteiger partial charge in [0.15, 0.2) is 0 Å². The molecule has 1 unspecified atom stereocenters. The molecule has 27 heavy (non-hydrogen) atoms. The van der Waals surface area contributed by atoms with Crippen molar-refractivity contribution in [3.63, 3.8) is 0 Å². The van der Waals surface area contributed by atoms with Crippen LogP contribution in [0, 0.1) is 5.92 Å². The lowest BCUT2D eigenvalue weighted by Gasteiger charge is -2.37. The van der Waals surface area contributed by atoms with Crippen LogP contribution in [0.2, 0.25) is 0 Å². The highest BCUT2D eigenvalue weighted by Crippen LogP contribution is 2.27. The van der Waals surface area contributed by atoms with Crippen molar-refractivity contribution >= 4 is 5.91 Å². The van der Waals surface area contributed by atoms with Crippen LogP contribution in [0.1, 0.15) is 47.7 Å². The van der Waals surface area contributed by atoms with Crippen molar-refractivity contribution < 1.29 is 9.53 Å². The van der Waals surface area contributed by atoms with Crippen LogP contribution in [0.15, 0.2) is 30.7 Å². The van der Waals surface area contributed by atoms with E-state index in [4.69, 9.17) is 4.74 Å². The second kappa shape index (κ2) is 8.19. The molecule has 144 valence electrons. The minimum absolute atomic E-state index is 0.135. The number of pyridine rings is 1. The number of fused-ring (bicyclic) bond motifs is 1. The summed E-state index contributed by atoms with van der Waals surface area (Å²) in [5.41, 5.74) is 1.47. The molecule has 1 fully saturated rings. The molecular formula is C20H27N5O2. The number of aromatic nitrogens is 3. The Labute approximate surface area is 159 Å². The number of carbonyl (C=O) groups is 1. The van der Waals surface area contributed by atoms with Gasteiger partial charge in [-0.1, -0.05) is 6.07 Å². The van der Waals surface area contributed by atoms with Gasteiger partial charge in [-0.25, -0.2) is 4.98 Å². The Kier molecular flexibility index (Phi) is 5.50. The first-order valence-electron chi connectivity index (χ1n) is 9.76. The van der Waals surface area contributed by atoms with Gasteiger partial charge in [0.2, 0.25) is 0 Å². The Morgan fingerprint density at radius 1 is 1.33 bits per heavy atom. The molecule has 4 rings (SSSR count). The number of hydrogen-bond acceptors (Lipinski definition) is 5. The van der Waals surface area contributed by atoms with Crippen molar-refractivity contribution in [2.24, 2.45) is 5.92 Å². The summed E-state index contributed by atoms with van der Waals surface area (Å²) < 4.78 is 7.60. The van der Waals surface area contributed by atoms with Crippen LogP contribution in [0.4, 0.5) is 0 Å². The van der Waals surface area contributed by atoms with Crippen molar-refractivity contribution in [2.45, 2.75) is 38.9 Å². The average molecular weight is 369 g/mol. The van der Waals surface area contributed by atoms with E-state index >= 15 is 0 Å². The monoisotopic (exact) mass is 369 g/mol. The molecular weight excluding hydrogens is 342 g/mol. The van der Waals surface area contributed by atoms with E-state index in [2.05, 4.69) is 31.7 Å². The second-order valence-electron chi connectivity index (χ2n) is 7.45. The van der Waals surface area contributed by atoms with Gasteiger partial charge in [0.1, 0.15) is 11.5 Å². The molecule has 1 N–H and O–H groups in total. The van der Waals surface area contributed by atoms with Crippen molar-refractivity contribution in [1.82, 2.24) is 24.8 Å².